The van der Waals surface area contributed by atoms with Gasteiger partial charge < -0.3 is 15.8 Å². The number of hydrogen-bond donors (Lipinski definition) is 3. The largest absolute Gasteiger partial charge is 0.471 e. The van der Waals surface area contributed by atoms with Crippen LogP contribution in [0.25, 0.3) is 0 Å². The summed E-state index contributed by atoms with van der Waals surface area (Å²) >= 11 is 0. The van der Waals surface area contributed by atoms with Crippen molar-refractivity contribution in [2.24, 2.45) is 17.8 Å². The summed E-state index contributed by atoms with van der Waals surface area (Å²) in [5, 5.41) is 11.5. The van der Waals surface area contributed by atoms with Crippen LogP contribution in [0.1, 0.15) is 44.0 Å². The molecule has 3 aliphatic rings. The minimum atomic E-state index is -0.614. The molecule has 0 amide bonds. The third-order valence-electron chi connectivity index (χ3n) is 6.16. The number of ether oxygens (including phenoxy) is 1. The van der Waals surface area contributed by atoms with Gasteiger partial charge in [-0.25, -0.2) is 23.7 Å². The average molecular weight is 432 g/mol. The summed E-state index contributed by atoms with van der Waals surface area (Å²) in [5.41, 5.74) is 5.63. The van der Waals surface area contributed by atoms with Crippen LogP contribution in [0.15, 0.2) is 18.5 Å². The molecule has 0 saturated heterocycles. The van der Waals surface area contributed by atoms with Gasteiger partial charge in [0.15, 0.2) is 17.5 Å². The smallest absolute Gasteiger partial charge is 0.292 e. The Morgan fingerprint density at radius 1 is 1.23 bits per heavy atom. The van der Waals surface area contributed by atoms with E-state index in [4.69, 9.17) is 15.9 Å². The van der Waals surface area contributed by atoms with Gasteiger partial charge in [0.25, 0.3) is 6.47 Å². The number of nitrogens with one attached hydrogen (secondary N) is 2. The maximum Gasteiger partial charge on any atom is 0.292 e. The highest BCUT2D eigenvalue weighted by atomic mass is 19.1. The number of hydrogen-bond acceptors (Lipinski definition) is 8. The molecule has 2 aromatic rings. The molecular formula is C21H26F2N6O2. The lowest BCUT2D eigenvalue weighted by Gasteiger charge is -2.47. The lowest BCUT2D eigenvalue weighted by Crippen LogP contribution is -2.47. The minimum Gasteiger partial charge on any atom is -0.471 e. The van der Waals surface area contributed by atoms with Gasteiger partial charge in [0.05, 0.1) is 19.5 Å². The highest BCUT2D eigenvalue weighted by molar-refractivity contribution is 6.11. The van der Waals surface area contributed by atoms with Crippen molar-refractivity contribution < 1.29 is 18.3 Å². The molecule has 2 unspecified atom stereocenters. The molecule has 2 aromatic heterocycles. The zero-order chi connectivity index (χ0) is 22.5. The Bertz CT molecular complexity index is 947. The number of nitrogens with zero attached hydrogens (tertiary/aromatic N) is 3. The van der Waals surface area contributed by atoms with E-state index in [1.54, 1.807) is 0 Å². The van der Waals surface area contributed by atoms with Crippen molar-refractivity contribution in [1.29, 1.82) is 5.41 Å². The summed E-state index contributed by atoms with van der Waals surface area (Å²) in [5.74, 6) is 0.490. The number of nitrogens with two attached hydrogens (primary N) is 1. The second-order valence-electron chi connectivity index (χ2n) is 7.89. The van der Waals surface area contributed by atoms with Crippen LogP contribution in [0.4, 0.5) is 20.4 Å². The third kappa shape index (κ3) is 4.95. The maximum absolute atomic E-state index is 14.3. The molecule has 166 valence electrons. The van der Waals surface area contributed by atoms with E-state index < -0.39 is 11.6 Å². The molecule has 2 atom stereocenters. The third-order valence-corrected chi connectivity index (χ3v) is 6.16. The van der Waals surface area contributed by atoms with E-state index in [0.717, 1.165) is 31.3 Å². The molecule has 0 radical (unpaired) electrons. The van der Waals surface area contributed by atoms with Gasteiger partial charge in [0, 0.05) is 11.6 Å². The van der Waals surface area contributed by atoms with Crippen LogP contribution in [-0.4, -0.2) is 40.3 Å². The first-order valence-corrected chi connectivity index (χ1v) is 10.1. The summed E-state index contributed by atoms with van der Waals surface area (Å²) < 4.78 is 31.7. The van der Waals surface area contributed by atoms with E-state index in [-0.39, 0.29) is 34.8 Å². The van der Waals surface area contributed by atoms with Gasteiger partial charge in [-0.3, -0.25) is 10.2 Å². The van der Waals surface area contributed by atoms with Crippen LogP contribution in [-0.2, 0) is 9.53 Å². The van der Waals surface area contributed by atoms with Crippen molar-refractivity contribution >= 4 is 23.8 Å². The van der Waals surface area contributed by atoms with E-state index in [1.165, 1.54) is 20.0 Å². The molecule has 2 bridgehead atoms. The lowest BCUT2D eigenvalue weighted by molar-refractivity contribution is -0.126. The minimum absolute atomic E-state index is 0.00190. The highest BCUT2D eigenvalue weighted by Gasteiger charge is 2.41. The van der Waals surface area contributed by atoms with E-state index in [2.05, 4.69) is 31.9 Å². The Balaban J connectivity index is 0.000000628. The van der Waals surface area contributed by atoms with E-state index in [0.29, 0.717) is 24.2 Å². The Labute approximate surface area is 179 Å². The molecule has 3 saturated carbocycles. The predicted octanol–water partition coefficient (Wildman–Crippen LogP) is 3.17. The predicted molar refractivity (Wildman–Crippen MR) is 112 cm³/mol. The van der Waals surface area contributed by atoms with Gasteiger partial charge in [-0.15, -0.1) is 0 Å². The van der Waals surface area contributed by atoms with Crippen molar-refractivity contribution in [3.05, 3.63) is 41.5 Å². The quantitative estimate of drug-likeness (QED) is 0.489. The number of anilines is 2. The standard InChI is InChI=1S/C19H22F2N6.C2H4O2/c1-9-10-2-4-11(5-3-10)16(9)26-18-14(21)8-25-19(27-18)15(22)13-6-12(20)7-24-17(13)23;1-4-2-3/h6-11,16,22H,2-5H2,1H3,(H2,23,24)(H,25,26,27);2H,1H3. The van der Waals surface area contributed by atoms with E-state index in [9.17, 15) is 8.78 Å². The summed E-state index contributed by atoms with van der Waals surface area (Å²) in [6, 6.07) is 1.26. The van der Waals surface area contributed by atoms with Crippen molar-refractivity contribution in [2.75, 3.05) is 18.2 Å². The first kappa shape index (κ1) is 22.5. The summed E-state index contributed by atoms with van der Waals surface area (Å²) in [7, 11) is 1.31. The summed E-state index contributed by atoms with van der Waals surface area (Å²) in [6.45, 7) is 2.58. The van der Waals surface area contributed by atoms with Crippen molar-refractivity contribution in [1.82, 2.24) is 15.0 Å². The van der Waals surface area contributed by atoms with Crippen molar-refractivity contribution in [2.45, 2.75) is 38.6 Å². The van der Waals surface area contributed by atoms with Gasteiger partial charge in [-0.2, -0.15) is 0 Å². The van der Waals surface area contributed by atoms with Crippen LogP contribution < -0.4 is 11.1 Å². The molecule has 3 fully saturated rings. The van der Waals surface area contributed by atoms with Crippen LogP contribution in [0.5, 0.6) is 0 Å². The number of pyridine rings is 1. The highest BCUT2D eigenvalue weighted by Crippen LogP contribution is 2.45. The molecule has 3 aliphatic carbocycles. The normalized spacial score (nSPS) is 24.0. The maximum atomic E-state index is 14.3. The fourth-order valence-electron chi connectivity index (χ4n) is 4.52. The number of fused-ring (bicyclic) bond motifs is 3. The lowest BCUT2D eigenvalue weighted by atomic mass is 9.62. The molecule has 2 heterocycles. The molecule has 0 aliphatic heterocycles. The van der Waals surface area contributed by atoms with Crippen molar-refractivity contribution in [3.63, 3.8) is 0 Å². The molecule has 31 heavy (non-hydrogen) atoms. The number of methoxy groups -OCH3 is 1. The van der Waals surface area contributed by atoms with Gasteiger partial charge in [0.2, 0.25) is 0 Å². The Kier molecular flexibility index (Phi) is 7.09. The van der Waals surface area contributed by atoms with Crippen LogP contribution in [0.2, 0.25) is 0 Å². The molecule has 4 N–H and O–H groups in total. The summed E-state index contributed by atoms with van der Waals surface area (Å²) in [4.78, 5) is 20.8. The first-order valence-electron chi connectivity index (χ1n) is 10.1. The first-order chi connectivity index (χ1) is 14.8. The van der Waals surface area contributed by atoms with Gasteiger partial charge in [-0.1, -0.05) is 6.92 Å². The second-order valence-corrected chi connectivity index (χ2v) is 7.89. The second kappa shape index (κ2) is 9.76. The fourth-order valence-corrected chi connectivity index (χ4v) is 4.52. The topological polar surface area (TPSA) is 127 Å². The average Bonchev–Trinajstić information content (AvgIpc) is 2.79. The van der Waals surface area contributed by atoms with E-state index >= 15 is 0 Å². The van der Waals surface area contributed by atoms with E-state index in [1.807, 2.05) is 0 Å². The molecule has 10 heteroatoms. The number of aromatic nitrogens is 3. The molecular weight excluding hydrogens is 406 g/mol. The van der Waals surface area contributed by atoms with Crippen LogP contribution >= 0.6 is 0 Å². The number of nitrogen functional groups attached to an aromatic ring is 1. The zero-order valence-corrected chi connectivity index (χ0v) is 17.4. The van der Waals surface area contributed by atoms with Gasteiger partial charge >= 0.3 is 0 Å². The number of carbonyl (C=O) groups excluding carboxylic acids is 1. The fraction of sp³-hybridized carbons (Fsp3) is 0.476. The van der Waals surface area contributed by atoms with Crippen molar-refractivity contribution in [3.8, 4) is 0 Å². The SMILES string of the molecule is CC1C2CCC(CC2)C1Nc1nc(C(=N)c2cc(F)cnc2N)ncc1F.COC=O. The molecule has 0 aromatic carbocycles. The van der Waals surface area contributed by atoms with Gasteiger partial charge in [0.1, 0.15) is 17.3 Å². The Hall–Kier alpha value is -3.17. The molecule has 8 nitrogen and oxygen atoms in total. The number of rotatable bonds is 5. The Morgan fingerprint density at radius 2 is 1.87 bits per heavy atom. The van der Waals surface area contributed by atoms with Crippen LogP contribution in [0, 0.1) is 34.8 Å². The number of carbonyl (C=O) groups is 1. The number of halogens is 2. The zero-order valence-electron chi connectivity index (χ0n) is 17.4. The van der Waals surface area contributed by atoms with Gasteiger partial charge in [-0.05, 0) is 49.5 Å². The molecule has 5 rings (SSSR count). The molecule has 0 spiro atoms. The summed E-state index contributed by atoms with van der Waals surface area (Å²) in [6.07, 6.45) is 6.77. The Morgan fingerprint density at radius 3 is 2.48 bits per heavy atom. The van der Waals surface area contributed by atoms with Crippen LogP contribution in [0.3, 0.4) is 0 Å². The monoisotopic (exact) mass is 432 g/mol.